The maximum atomic E-state index is 12.8. The number of aryl methyl sites for hydroxylation is 1. The third-order valence-corrected chi connectivity index (χ3v) is 4.93. The van der Waals surface area contributed by atoms with Crippen molar-refractivity contribution in [1.82, 2.24) is 14.4 Å². The Morgan fingerprint density at radius 1 is 1.25 bits per heavy atom. The molecule has 1 amide bonds. The Morgan fingerprint density at radius 2 is 2.04 bits per heavy atom. The molecule has 146 valence electrons. The number of hydrogen-bond acceptors (Lipinski definition) is 4. The Bertz CT molecular complexity index is 1010. The second-order valence-electron chi connectivity index (χ2n) is 6.89. The summed E-state index contributed by atoms with van der Waals surface area (Å²) in [4.78, 5) is 20.9. The van der Waals surface area contributed by atoms with Gasteiger partial charge in [0.1, 0.15) is 17.0 Å². The number of nitrogens with one attached hydrogen (secondary N) is 1. The van der Waals surface area contributed by atoms with Gasteiger partial charge in [0.15, 0.2) is 0 Å². The molecule has 1 aliphatic heterocycles. The van der Waals surface area contributed by atoms with E-state index in [4.69, 9.17) is 9.72 Å². The van der Waals surface area contributed by atoms with Gasteiger partial charge in [-0.15, -0.1) is 0 Å². The minimum Gasteiger partial charge on any atom is -0.381 e. The Hall–Kier alpha value is -2.87. The van der Waals surface area contributed by atoms with Crippen LogP contribution in [-0.4, -0.2) is 33.5 Å². The van der Waals surface area contributed by atoms with Gasteiger partial charge in [0, 0.05) is 31.5 Å². The highest BCUT2D eigenvalue weighted by Crippen LogP contribution is 2.27. The molecule has 8 heteroatoms. The number of anilines is 1. The van der Waals surface area contributed by atoms with E-state index in [-0.39, 0.29) is 5.69 Å². The predicted octanol–water partition coefficient (Wildman–Crippen LogP) is 4.12. The van der Waals surface area contributed by atoms with Crippen molar-refractivity contribution >= 4 is 17.2 Å². The molecule has 3 aromatic heterocycles. The number of imidazole rings is 1. The van der Waals surface area contributed by atoms with E-state index >= 15 is 0 Å². The van der Waals surface area contributed by atoms with Gasteiger partial charge in [-0.2, -0.15) is 0 Å². The van der Waals surface area contributed by atoms with Crippen LogP contribution in [0.3, 0.4) is 0 Å². The van der Waals surface area contributed by atoms with Crippen molar-refractivity contribution in [3.05, 3.63) is 59.3 Å². The summed E-state index contributed by atoms with van der Waals surface area (Å²) in [6.07, 6.45) is 2.92. The standard InChI is InChI=1S/C20H20F2N4O2/c1-12-9-18-24-17(13-5-7-28-8-6-13)11-26(18)10-16(12)25-20(27)15-4-2-3-14(23-15)19(21)22/h2-4,9-11,13,19H,5-8H2,1H3,(H,25,27). The lowest BCUT2D eigenvalue weighted by Gasteiger charge is -2.19. The zero-order chi connectivity index (χ0) is 19.7. The number of ether oxygens (including phenoxy) is 1. The quantitative estimate of drug-likeness (QED) is 0.732. The summed E-state index contributed by atoms with van der Waals surface area (Å²) in [5, 5.41) is 2.76. The van der Waals surface area contributed by atoms with Gasteiger partial charge in [0.25, 0.3) is 12.3 Å². The summed E-state index contributed by atoms with van der Waals surface area (Å²) in [5.41, 5.74) is 2.75. The van der Waals surface area contributed by atoms with Crippen LogP contribution in [0.4, 0.5) is 14.5 Å². The molecule has 0 aromatic carbocycles. The minimum atomic E-state index is -2.72. The zero-order valence-electron chi connectivity index (χ0n) is 15.4. The number of carbonyl (C=O) groups excluding carboxylic acids is 1. The number of carbonyl (C=O) groups is 1. The van der Waals surface area contributed by atoms with Gasteiger partial charge in [-0.25, -0.2) is 18.7 Å². The first kappa shape index (κ1) is 18.5. The smallest absolute Gasteiger partial charge is 0.280 e. The van der Waals surface area contributed by atoms with Gasteiger partial charge in [0.2, 0.25) is 0 Å². The summed E-state index contributed by atoms with van der Waals surface area (Å²) in [6.45, 7) is 3.34. The van der Waals surface area contributed by atoms with Crippen LogP contribution in [0.5, 0.6) is 0 Å². The maximum absolute atomic E-state index is 12.8. The highest BCUT2D eigenvalue weighted by molar-refractivity contribution is 6.03. The first-order valence-corrected chi connectivity index (χ1v) is 9.14. The van der Waals surface area contributed by atoms with Gasteiger partial charge in [-0.05, 0) is 43.5 Å². The van der Waals surface area contributed by atoms with Crippen LogP contribution in [0.1, 0.15) is 52.6 Å². The van der Waals surface area contributed by atoms with Crippen molar-refractivity contribution in [3.8, 4) is 0 Å². The molecule has 0 radical (unpaired) electrons. The molecule has 4 heterocycles. The molecule has 28 heavy (non-hydrogen) atoms. The third-order valence-electron chi connectivity index (χ3n) is 4.93. The molecule has 0 bridgehead atoms. The normalized spacial score (nSPS) is 15.3. The van der Waals surface area contributed by atoms with Crippen molar-refractivity contribution in [3.63, 3.8) is 0 Å². The molecule has 1 aliphatic rings. The molecule has 1 fully saturated rings. The number of fused-ring (bicyclic) bond motifs is 1. The maximum Gasteiger partial charge on any atom is 0.280 e. The van der Waals surface area contributed by atoms with Crippen molar-refractivity contribution in [2.75, 3.05) is 18.5 Å². The van der Waals surface area contributed by atoms with Gasteiger partial charge in [-0.3, -0.25) is 4.79 Å². The average Bonchev–Trinajstić information content (AvgIpc) is 3.11. The molecule has 6 nitrogen and oxygen atoms in total. The fraction of sp³-hybridized carbons (Fsp3) is 0.350. The largest absolute Gasteiger partial charge is 0.381 e. The van der Waals surface area contributed by atoms with Crippen LogP contribution < -0.4 is 5.32 Å². The van der Waals surface area contributed by atoms with Crippen LogP contribution >= 0.6 is 0 Å². The number of pyridine rings is 2. The highest BCUT2D eigenvalue weighted by Gasteiger charge is 2.20. The number of aromatic nitrogens is 3. The summed E-state index contributed by atoms with van der Waals surface area (Å²) in [7, 11) is 0. The lowest BCUT2D eigenvalue weighted by molar-refractivity contribution is 0.0846. The lowest BCUT2D eigenvalue weighted by Crippen LogP contribution is -2.15. The van der Waals surface area contributed by atoms with Crippen LogP contribution in [0.2, 0.25) is 0 Å². The second kappa shape index (κ2) is 7.63. The van der Waals surface area contributed by atoms with E-state index in [1.165, 1.54) is 18.2 Å². The van der Waals surface area contributed by atoms with Gasteiger partial charge >= 0.3 is 0 Å². The van der Waals surface area contributed by atoms with Crippen LogP contribution in [0.15, 0.2) is 36.7 Å². The first-order valence-electron chi connectivity index (χ1n) is 9.14. The van der Waals surface area contributed by atoms with E-state index in [0.29, 0.717) is 11.6 Å². The molecule has 4 rings (SSSR count). The zero-order valence-corrected chi connectivity index (χ0v) is 15.4. The number of hydrogen-bond donors (Lipinski definition) is 1. The number of nitrogens with zero attached hydrogens (tertiary/aromatic N) is 3. The van der Waals surface area contributed by atoms with Crippen molar-refractivity contribution < 1.29 is 18.3 Å². The van der Waals surface area contributed by atoms with Crippen molar-refractivity contribution in [2.24, 2.45) is 0 Å². The number of amides is 1. The molecule has 0 saturated carbocycles. The summed E-state index contributed by atoms with van der Waals surface area (Å²) in [5.74, 6) is -0.164. The van der Waals surface area contributed by atoms with Crippen LogP contribution in [0, 0.1) is 6.92 Å². The molecule has 0 unspecified atom stereocenters. The molecule has 1 N–H and O–H groups in total. The molecule has 0 aliphatic carbocycles. The molecule has 1 saturated heterocycles. The SMILES string of the molecule is Cc1cc2nc(C3CCOCC3)cn2cc1NC(=O)c1cccc(C(F)F)n1. The van der Waals surface area contributed by atoms with Crippen LogP contribution in [0.25, 0.3) is 5.65 Å². The monoisotopic (exact) mass is 386 g/mol. The average molecular weight is 386 g/mol. The van der Waals surface area contributed by atoms with E-state index in [0.717, 1.165) is 43.0 Å². The predicted molar refractivity (Wildman–Crippen MR) is 99.9 cm³/mol. The van der Waals surface area contributed by atoms with Gasteiger partial charge in [-0.1, -0.05) is 6.07 Å². The topological polar surface area (TPSA) is 68.5 Å². The van der Waals surface area contributed by atoms with Gasteiger partial charge < -0.3 is 14.5 Å². The fourth-order valence-corrected chi connectivity index (χ4v) is 3.36. The Labute approximate surface area is 160 Å². The molecule has 3 aromatic rings. The van der Waals surface area contributed by atoms with E-state index in [1.807, 2.05) is 23.6 Å². The number of rotatable bonds is 4. The van der Waals surface area contributed by atoms with Crippen molar-refractivity contribution in [1.29, 1.82) is 0 Å². The Kier molecular flexibility index (Phi) is 5.04. The van der Waals surface area contributed by atoms with Gasteiger partial charge in [0.05, 0.1) is 11.4 Å². The summed E-state index contributed by atoms with van der Waals surface area (Å²) in [6, 6.07) is 5.90. The summed E-state index contributed by atoms with van der Waals surface area (Å²) >= 11 is 0. The highest BCUT2D eigenvalue weighted by atomic mass is 19.3. The molecule has 0 atom stereocenters. The van der Waals surface area contributed by atoms with Crippen LogP contribution in [-0.2, 0) is 4.74 Å². The number of halogens is 2. The lowest BCUT2D eigenvalue weighted by atomic mass is 9.97. The third kappa shape index (κ3) is 3.73. The second-order valence-corrected chi connectivity index (χ2v) is 6.89. The van der Waals surface area contributed by atoms with E-state index in [2.05, 4.69) is 10.3 Å². The Balaban J connectivity index is 1.59. The van der Waals surface area contributed by atoms with E-state index in [1.54, 1.807) is 6.20 Å². The molecule has 0 spiro atoms. The first-order chi connectivity index (χ1) is 13.5. The summed E-state index contributed by atoms with van der Waals surface area (Å²) < 4.78 is 32.9. The number of alkyl halides is 2. The minimum absolute atomic E-state index is 0.0502. The molecular weight excluding hydrogens is 366 g/mol. The van der Waals surface area contributed by atoms with E-state index in [9.17, 15) is 13.6 Å². The Morgan fingerprint density at radius 3 is 2.79 bits per heavy atom. The fourth-order valence-electron chi connectivity index (χ4n) is 3.36. The van der Waals surface area contributed by atoms with Crippen molar-refractivity contribution in [2.45, 2.75) is 32.1 Å². The van der Waals surface area contributed by atoms with E-state index < -0.39 is 18.0 Å². The molecular formula is C20H20F2N4O2.